The van der Waals surface area contributed by atoms with Crippen molar-refractivity contribution in [2.75, 3.05) is 26.2 Å². The molecule has 31 heavy (non-hydrogen) atoms. The first-order valence-electron chi connectivity index (χ1n) is 10.0. The molecule has 0 unspecified atom stereocenters. The van der Waals surface area contributed by atoms with E-state index in [0.29, 0.717) is 13.1 Å². The first kappa shape index (κ1) is 21.1. The Morgan fingerprint density at radius 3 is 2.26 bits per heavy atom. The largest absolute Gasteiger partial charge is 0.418 e. The summed E-state index contributed by atoms with van der Waals surface area (Å²) in [6.07, 6.45) is -2.84. The van der Waals surface area contributed by atoms with E-state index in [9.17, 15) is 27.6 Å². The van der Waals surface area contributed by atoms with Gasteiger partial charge in [0.25, 0.3) is 5.91 Å². The number of halogens is 3. The van der Waals surface area contributed by atoms with Crippen molar-refractivity contribution < 1.29 is 22.8 Å². The lowest BCUT2D eigenvalue weighted by Crippen LogP contribution is -2.51. The van der Waals surface area contributed by atoms with E-state index in [-0.39, 0.29) is 36.3 Å². The van der Waals surface area contributed by atoms with Crippen LogP contribution in [-0.4, -0.2) is 57.6 Å². The Kier molecular flexibility index (Phi) is 5.32. The van der Waals surface area contributed by atoms with Crippen LogP contribution in [0.25, 0.3) is 5.69 Å². The van der Waals surface area contributed by atoms with Gasteiger partial charge in [0.15, 0.2) is 5.69 Å². The molecule has 2 fully saturated rings. The third kappa shape index (κ3) is 4.19. The zero-order valence-corrected chi connectivity index (χ0v) is 16.9. The molecule has 0 spiro atoms. The number of carbonyl (C=O) groups excluding carboxylic acids is 2. The topological polar surface area (TPSA) is 75.5 Å². The van der Waals surface area contributed by atoms with E-state index in [1.807, 2.05) is 0 Å². The lowest BCUT2D eigenvalue weighted by Gasteiger charge is -2.34. The summed E-state index contributed by atoms with van der Waals surface area (Å²) in [6.45, 7) is 2.66. The quantitative estimate of drug-likeness (QED) is 0.743. The number of hydrogen-bond donors (Lipinski definition) is 0. The fourth-order valence-electron chi connectivity index (χ4n) is 3.71. The number of alkyl halides is 3. The second-order valence-corrected chi connectivity index (χ2v) is 7.82. The molecule has 2 aliphatic rings. The van der Waals surface area contributed by atoms with Crippen LogP contribution in [0, 0.1) is 12.8 Å². The fraction of sp³-hybridized carbons (Fsp3) is 0.429. The molecule has 0 atom stereocenters. The van der Waals surface area contributed by atoms with E-state index < -0.39 is 28.8 Å². The average Bonchev–Trinajstić information content (AvgIpc) is 3.58. The van der Waals surface area contributed by atoms with Gasteiger partial charge in [-0.2, -0.15) is 18.3 Å². The van der Waals surface area contributed by atoms with Gasteiger partial charge in [0, 0.05) is 43.9 Å². The molecule has 10 heteroatoms. The Hall–Kier alpha value is -3.17. The van der Waals surface area contributed by atoms with Crippen LogP contribution in [0.2, 0.25) is 0 Å². The van der Waals surface area contributed by atoms with Crippen molar-refractivity contribution in [2.45, 2.75) is 25.9 Å². The lowest BCUT2D eigenvalue weighted by atomic mass is 10.1. The maximum Gasteiger partial charge on any atom is 0.418 e. The smallest absolute Gasteiger partial charge is 0.339 e. The number of benzene rings is 1. The van der Waals surface area contributed by atoms with Gasteiger partial charge in [0.1, 0.15) is 0 Å². The van der Waals surface area contributed by atoms with Crippen molar-refractivity contribution in [3.63, 3.8) is 0 Å². The summed E-state index contributed by atoms with van der Waals surface area (Å²) in [6, 6.07) is 5.97. The maximum absolute atomic E-state index is 13.4. The zero-order chi connectivity index (χ0) is 22.3. The van der Waals surface area contributed by atoms with Gasteiger partial charge in [-0.25, -0.2) is 4.68 Å². The predicted molar refractivity (Wildman–Crippen MR) is 105 cm³/mol. The van der Waals surface area contributed by atoms with Gasteiger partial charge in [0.05, 0.1) is 11.3 Å². The van der Waals surface area contributed by atoms with Gasteiger partial charge in [-0.3, -0.25) is 14.4 Å². The number of amides is 2. The molecule has 4 rings (SSSR count). The highest BCUT2D eigenvalue weighted by molar-refractivity contribution is 5.92. The van der Waals surface area contributed by atoms with E-state index >= 15 is 0 Å². The number of rotatable bonds is 3. The molecule has 7 nitrogen and oxygen atoms in total. The normalized spacial score (nSPS) is 17.0. The van der Waals surface area contributed by atoms with Crippen LogP contribution in [0.15, 0.2) is 35.1 Å². The van der Waals surface area contributed by atoms with Crippen molar-refractivity contribution in [1.29, 1.82) is 0 Å². The first-order valence-corrected chi connectivity index (χ1v) is 10.0. The number of piperazine rings is 1. The van der Waals surface area contributed by atoms with Gasteiger partial charge in [-0.15, -0.1) is 0 Å². The third-order valence-corrected chi connectivity index (χ3v) is 5.55. The highest BCUT2D eigenvalue weighted by Gasteiger charge is 2.36. The van der Waals surface area contributed by atoms with Crippen LogP contribution >= 0.6 is 0 Å². The minimum Gasteiger partial charge on any atom is -0.339 e. The zero-order valence-electron chi connectivity index (χ0n) is 16.9. The summed E-state index contributed by atoms with van der Waals surface area (Å²) < 4.78 is 41.3. The van der Waals surface area contributed by atoms with Crippen molar-refractivity contribution in [1.82, 2.24) is 19.6 Å². The van der Waals surface area contributed by atoms with Crippen LogP contribution in [0.3, 0.4) is 0 Å². The second-order valence-electron chi connectivity index (χ2n) is 7.82. The molecule has 0 bridgehead atoms. The Balaban J connectivity index is 1.61. The summed E-state index contributed by atoms with van der Waals surface area (Å²) in [5, 5.41) is 4.02. The molecule has 2 aromatic rings. The Bertz CT molecular complexity index is 1080. The lowest BCUT2D eigenvalue weighted by molar-refractivity contribution is -0.137. The molecule has 1 aliphatic heterocycles. The van der Waals surface area contributed by atoms with E-state index in [1.54, 1.807) is 4.90 Å². The monoisotopic (exact) mass is 434 g/mol. The molecular weight excluding hydrogens is 413 g/mol. The minimum atomic E-state index is -4.62. The molecule has 0 N–H and O–H groups in total. The standard InChI is InChI=1S/C21H21F3N4O3/c1-13-12-17(29)18(25-28(13)16-5-3-2-4-15(16)21(22,23)24)20(31)27-10-8-26(9-11-27)19(30)14-6-7-14/h2-5,12,14H,6-11H2,1H3. The van der Waals surface area contributed by atoms with Crippen molar-refractivity contribution in [3.05, 3.63) is 57.5 Å². The summed E-state index contributed by atoms with van der Waals surface area (Å²) in [4.78, 5) is 40.7. The number of aromatic nitrogens is 2. The van der Waals surface area contributed by atoms with Crippen molar-refractivity contribution in [3.8, 4) is 5.69 Å². The Morgan fingerprint density at radius 2 is 1.65 bits per heavy atom. The van der Waals surface area contributed by atoms with Crippen LogP contribution in [0.1, 0.15) is 34.6 Å². The molecule has 1 aromatic heterocycles. The van der Waals surface area contributed by atoms with Crippen LogP contribution in [0.4, 0.5) is 13.2 Å². The van der Waals surface area contributed by atoms with Gasteiger partial charge in [-0.1, -0.05) is 12.1 Å². The van der Waals surface area contributed by atoms with E-state index in [0.717, 1.165) is 29.7 Å². The van der Waals surface area contributed by atoms with Crippen LogP contribution in [0.5, 0.6) is 0 Å². The highest BCUT2D eigenvalue weighted by atomic mass is 19.4. The second kappa shape index (κ2) is 7.82. The van der Waals surface area contributed by atoms with E-state index in [4.69, 9.17) is 0 Å². The predicted octanol–water partition coefficient (Wildman–Crippen LogP) is 2.25. The Labute approximate surface area is 176 Å². The van der Waals surface area contributed by atoms with E-state index in [1.165, 1.54) is 30.0 Å². The number of hydrogen-bond acceptors (Lipinski definition) is 4. The maximum atomic E-state index is 13.4. The first-order chi connectivity index (χ1) is 14.7. The van der Waals surface area contributed by atoms with Gasteiger partial charge in [0.2, 0.25) is 11.3 Å². The van der Waals surface area contributed by atoms with Crippen LogP contribution in [-0.2, 0) is 11.0 Å². The summed E-state index contributed by atoms with van der Waals surface area (Å²) in [5.74, 6) is -0.477. The van der Waals surface area contributed by atoms with Gasteiger partial charge >= 0.3 is 6.18 Å². The van der Waals surface area contributed by atoms with Crippen molar-refractivity contribution >= 4 is 11.8 Å². The summed E-state index contributed by atoms with van der Waals surface area (Å²) in [5.41, 5.74) is -2.09. The number of carbonyl (C=O) groups is 2. The Morgan fingerprint density at radius 1 is 1.03 bits per heavy atom. The minimum absolute atomic E-state index is 0.0851. The molecular formula is C21H21F3N4O3. The molecule has 1 aliphatic carbocycles. The van der Waals surface area contributed by atoms with E-state index in [2.05, 4.69) is 5.10 Å². The summed E-state index contributed by atoms with van der Waals surface area (Å²) >= 11 is 0. The molecule has 1 aromatic carbocycles. The van der Waals surface area contributed by atoms with Crippen molar-refractivity contribution in [2.24, 2.45) is 5.92 Å². The fourth-order valence-corrected chi connectivity index (χ4v) is 3.71. The number of para-hydroxylation sites is 1. The van der Waals surface area contributed by atoms with Gasteiger partial charge in [-0.05, 0) is 31.9 Å². The molecule has 2 amide bonds. The third-order valence-electron chi connectivity index (χ3n) is 5.55. The molecule has 1 saturated carbocycles. The number of nitrogens with zero attached hydrogens (tertiary/aromatic N) is 4. The van der Waals surface area contributed by atoms with Crippen LogP contribution < -0.4 is 5.43 Å². The SMILES string of the molecule is Cc1cc(=O)c(C(=O)N2CCN(C(=O)C3CC3)CC2)nn1-c1ccccc1C(F)(F)F. The molecule has 1 saturated heterocycles. The van der Waals surface area contributed by atoms with Gasteiger partial charge < -0.3 is 9.80 Å². The number of aryl methyl sites for hydroxylation is 1. The molecule has 164 valence electrons. The molecule has 0 radical (unpaired) electrons. The summed E-state index contributed by atoms with van der Waals surface area (Å²) in [7, 11) is 0. The highest BCUT2D eigenvalue weighted by Crippen LogP contribution is 2.34. The average molecular weight is 434 g/mol. The molecule has 2 heterocycles.